The van der Waals surface area contributed by atoms with E-state index in [2.05, 4.69) is 0 Å². The molecule has 1 N–H and O–H groups in total. The van der Waals surface area contributed by atoms with E-state index < -0.39 is 6.10 Å². The highest BCUT2D eigenvalue weighted by atomic mass is 127. The van der Waals surface area contributed by atoms with Crippen molar-refractivity contribution in [2.45, 2.75) is 19.4 Å². The van der Waals surface area contributed by atoms with Crippen LogP contribution in [0.3, 0.4) is 0 Å². The Morgan fingerprint density at radius 1 is 1.47 bits per heavy atom. The number of aliphatic hydroxyl groups is 1. The summed E-state index contributed by atoms with van der Waals surface area (Å²) >= 11 is 1.99. The standard InChI is InChI=1S/C12H13IO2/c1-9-2-4-10(5-3-9)12(15)8-11(14)6-7-13/h2-7,12,15H,8H2,1H3/b7-6+. The van der Waals surface area contributed by atoms with Crippen molar-refractivity contribution >= 4 is 28.4 Å². The molecular formula is C12H13IO2. The highest BCUT2D eigenvalue weighted by molar-refractivity contribution is 14.1. The summed E-state index contributed by atoms with van der Waals surface area (Å²) in [5.74, 6) is -0.0579. The molecule has 0 aliphatic carbocycles. The summed E-state index contributed by atoms with van der Waals surface area (Å²) in [6, 6.07) is 7.55. The Labute approximate surface area is 103 Å². The second kappa shape index (κ2) is 6.02. The molecule has 1 unspecified atom stereocenters. The van der Waals surface area contributed by atoms with Crippen molar-refractivity contribution < 1.29 is 9.90 Å². The molecule has 0 saturated heterocycles. The number of benzene rings is 1. The van der Waals surface area contributed by atoms with E-state index in [-0.39, 0.29) is 12.2 Å². The molecule has 3 heteroatoms. The molecule has 0 saturated carbocycles. The van der Waals surface area contributed by atoms with Crippen molar-refractivity contribution in [3.8, 4) is 0 Å². The lowest BCUT2D eigenvalue weighted by Gasteiger charge is -2.08. The molecule has 1 aromatic rings. The molecule has 0 aliphatic rings. The summed E-state index contributed by atoms with van der Waals surface area (Å²) in [7, 11) is 0. The van der Waals surface area contributed by atoms with Crippen molar-refractivity contribution in [3.05, 3.63) is 45.6 Å². The van der Waals surface area contributed by atoms with Crippen molar-refractivity contribution in [3.63, 3.8) is 0 Å². The second-order valence-corrected chi connectivity index (χ2v) is 4.11. The SMILES string of the molecule is Cc1ccc(C(O)CC(=O)/C=C/I)cc1. The van der Waals surface area contributed by atoms with Crippen LogP contribution < -0.4 is 0 Å². The van der Waals surface area contributed by atoms with Crippen LogP contribution in [0.15, 0.2) is 34.4 Å². The molecule has 80 valence electrons. The monoisotopic (exact) mass is 316 g/mol. The summed E-state index contributed by atoms with van der Waals surface area (Å²) < 4.78 is 1.65. The smallest absolute Gasteiger partial charge is 0.159 e. The van der Waals surface area contributed by atoms with Crippen LogP contribution in [-0.4, -0.2) is 10.9 Å². The highest BCUT2D eigenvalue weighted by Gasteiger charge is 2.10. The number of carbonyl (C=O) groups excluding carboxylic acids is 1. The molecule has 0 aromatic heterocycles. The Balaban J connectivity index is 2.64. The Kier molecular flexibility index (Phi) is 4.98. The molecule has 0 aliphatic heterocycles. The zero-order valence-electron chi connectivity index (χ0n) is 8.48. The van der Waals surface area contributed by atoms with E-state index in [4.69, 9.17) is 0 Å². The van der Waals surface area contributed by atoms with Gasteiger partial charge in [0.15, 0.2) is 5.78 Å². The van der Waals surface area contributed by atoms with Crippen LogP contribution in [0.4, 0.5) is 0 Å². The summed E-state index contributed by atoms with van der Waals surface area (Å²) in [6.45, 7) is 1.99. The normalized spacial score (nSPS) is 13.0. The number of allylic oxidation sites excluding steroid dienone is 1. The Morgan fingerprint density at radius 3 is 2.60 bits per heavy atom. The fraction of sp³-hybridized carbons (Fsp3) is 0.250. The van der Waals surface area contributed by atoms with E-state index in [0.717, 1.165) is 11.1 Å². The molecule has 0 spiro atoms. The van der Waals surface area contributed by atoms with Gasteiger partial charge in [-0.2, -0.15) is 0 Å². The van der Waals surface area contributed by atoms with Crippen LogP contribution in [0, 0.1) is 6.92 Å². The fourth-order valence-electron chi connectivity index (χ4n) is 1.24. The van der Waals surface area contributed by atoms with Crippen LogP contribution in [0.5, 0.6) is 0 Å². The highest BCUT2D eigenvalue weighted by Crippen LogP contribution is 2.17. The first kappa shape index (κ1) is 12.4. The van der Waals surface area contributed by atoms with Crippen molar-refractivity contribution in [1.29, 1.82) is 0 Å². The lowest BCUT2D eigenvalue weighted by molar-refractivity contribution is -0.116. The van der Waals surface area contributed by atoms with E-state index in [0.29, 0.717) is 0 Å². The van der Waals surface area contributed by atoms with E-state index in [1.807, 2.05) is 53.8 Å². The third-order valence-corrected chi connectivity index (χ3v) is 2.47. The van der Waals surface area contributed by atoms with Gasteiger partial charge in [0.05, 0.1) is 6.10 Å². The summed E-state index contributed by atoms with van der Waals surface area (Å²) in [5.41, 5.74) is 1.93. The van der Waals surface area contributed by atoms with Gasteiger partial charge < -0.3 is 5.11 Å². The lowest BCUT2D eigenvalue weighted by Crippen LogP contribution is -2.04. The van der Waals surface area contributed by atoms with Crippen LogP contribution >= 0.6 is 22.6 Å². The molecule has 1 aromatic carbocycles. The molecule has 2 nitrogen and oxygen atoms in total. The third kappa shape index (κ3) is 4.13. The lowest BCUT2D eigenvalue weighted by atomic mass is 10.0. The predicted octanol–water partition coefficient (Wildman–Crippen LogP) is 2.94. The van der Waals surface area contributed by atoms with Crippen molar-refractivity contribution in [1.82, 2.24) is 0 Å². The first-order chi connectivity index (χ1) is 7.13. The number of aliphatic hydroxyl groups excluding tert-OH is 1. The zero-order chi connectivity index (χ0) is 11.3. The Morgan fingerprint density at radius 2 is 2.07 bits per heavy atom. The Bertz CT molecular complexity index is 354. The zero-order valence-corrected chi connectivity index (χ0v) is 10.6. The van der Waals surface area contributed by atoms with Gasteiger partial charge in [-0.15, -0.1) is 0 Å². The number of ketones is 1. The molecule has 0 radical (unpaired) electrons. The second-order valence-electron chi connectivity index (χ2n) is 3.39. The largest absolute Gasteiger partial charge is 0.388 e. The molecule has 15 heavy (non-hydrogen) atoms. The van der Waals surface area contributed by atoms with Crippen LogP contribution in [0.25, 0.3) is 0 Å². The van der Waals surface area contributed by atoms with Gasteiger partial charge in [-0.1, -0.05) is 52.4 Å². The minimum Gasteiger partial charge on any atom is -0.388 e. The molecule has 0 fully saturated rings. The summed E-state index contributed by atoms with van der Waals surface area (Å²) in [4.78, 5) is 11.2. The molecule has 0 bridgehead atoms. The van der Waals surface area contributed by atoms with Crippen molar-refractivity contribution in [2.75, 3.05) is 0 Å². The minimum absolute atomic E-state index is 0.0579. The van der Waals surface area contributed by atoms with Crippen LogP contribution in [-0.2, 0) is 4.79 Å². The first-order valence-corrected chi connectivity index (χ1v) is 5.92. The number of aryl methyl sites for hydroxylation is 1. The first-order valence-electron chi connectivity index (χ1n) is 4.67. The Hall–Kier alpha value is -0.680. The number of carbonyl (C=O) groups is 1. The van der Waals surface area contributed by atoms with Gasteiger partial charge in [-0.3, -0.25) is 4.79 Å². The molecule has 1 rings (SSSR count). The molecular weight excluding hydrogens is 303 g/mol. The number of hydrogen-bond acceptors (Lipinski definition) is 2. The minimum atomic E-state index is -0.703. The molecule has 0 heterocycles. The maximum absolute atomic E-state index is 11.2. The maximum atomic E-state index is 11.2. The quantitative estimate of drug-likeness (QED) is 0.685. The van der Waals surface area contributed by atoms with Crippen LogP contribution in [0.2, 0.25) is 0 Å². The topological polar surface area (TPSA) is 37.3 Å². The molecule has 1 atom stereocenters. The van der Waals surface area contributed by atoms with E-state index in [1.165, 1.54) is 6.08 Å². The number of rotatable bonds is 4. The average Bonchev–Trinajstić information content (AvgIpc) is 2.18. The number of halogens is 1. The van der Waals surface area contributed by atoms with Gasteiger partial charge in [0.1, 0.15) is 0 Å². The van der Waals surface area contributed by atoms with Gasteiger partial charge in [0.2, 0.25) is 0 Å². The van der Waals surface area contributed by atoms with Gasteiger partial charge in [0.25, 0.3) is 0 Å². The van der Waals surface area contributed by atoms with Gasteiger partial charge in [0, 0.05) is 6.42 Å². The van der Waals surface area contributed by atoms with E-state index >= 15 is 0 Å². The van der Waals surface area contributed by atoms with Gasteiger partial charge in [-0.25, -0.2) is 0 Å². The van der Waals surface area contributed by atoms with E-state index in [1.54, 1.807) is 4.08 Å². The molecule has 0 amide bonds. The maximum Gasteiger partial charge on any atom is 0.159 e. The summed E-state index contributed by atoms with van der Waals surface area (Å²) in [5, 5.41) is 9.75. The van der Waals surface area contributed by atoms with Gasteiger partial charge in [-0.05, 0) is 22.6 Å². The fourth-order valence-corrected chi connectivity index (χ4v) is 1.64. The average molecular weight is 316 g/mol. The summed E-state index contributed by atoms with van der Waals surface area (Å²) in [6.07, 6.45) is 0.909. The predicted molar refractivity (Wildman–Crippen MR) is 68.9 cm³/mol. The van der Waals surface area contributed by atoms with Crippen LogP contribution in [0.1, 0.15) is 23.7 Å². The number of hydrogen-bond donors (Lipinski definition) is 1. The third-order valence-electron chi connectivity index (χ3n) is 2.11. The van der Waals surface area contributed by atoms with E-state index in [9.17, 15) is 9.90 Å². The van der Waals surface area contributed by atoms with Crippen molar-refractivity contribution in [2.24, 2.45) is 0 Å². The van der Waals surface area contributed by atoms with Gasteiger partial charge >= 0.3 is 0 Å².